The van der Waals surface area contributed by atoms with E-state index in [1.54, 1.807) is 18.2 Å². The largest absolute Gasteiger partial charge is 0.321 e. The fourth-order valence-corrected chi connectivity index (χ4v) is 3.12. The van der Waals surface area contributed by atoms with Crippen LogP contribution in [0.25, 0.3) is 11.8 Å². The molecule has 0 radical (unpaired) electrons. The predicted molar refractivity (Wildman–Crippen MR) is 109 cm³/mol. The molecule has 0 saturated heterocycles. The van der Waals surface area contributed by atoms with Gasteiger partial charge in [0.25, 0.3) is 5.91 Å². The molecule has 1 heterocycles. The second-order valence-corrected chi connectivity index (χ2v) is 6.49. The third-order valence-electron chi connectivity index (χ3n) is 4.43. The molecule has 134 valence electrons. The number of nitrogens with zero attached hydrogens (tertiary/aromatic N) is 2. The van der Waals surface area contributed by atoms with Gasteiger partial charge < -0.3 is 9.88 Å². The van der Waals surface area contributed by atoms with Crippen LogP contribution in [0.3, 0.4) is 0 Å². The van der Waals surface area contributed by atoms with Gasteiger partial charge in [0.2, 0.25) is 0 Å². The van der Waals surface area contributed by atoms with Crippen LogP contribution in [0.2, 0.25) is 0 Å². The molecule has 0 fully saturated rings. The number of hydrogen-bond donors (Lipinski definition) is 1. The standard InChI is InChI=1S/C23H21N3O/c1-16-8-7-11-22(12-16)26-17(2)13-19(18(26)3)14-20(15-24)23(27)25-21-9-5-4-6-10-21/h4-14H,1-3H3,(H,25,27)/b20-14+. The summed E-state index contributed by atoms with van der Waals surface area (Å²) in [6, 6.07) is 21.4. The van der Waals surface area contributed by atoms with E-state index < -0.39 is 5.91 Å². The number of para-hydroxylation sites is 1. The number of rotatable bonds is 4. The third-order valence-corrected chi connectivity index (χ3v) is 4.43. The summed E-state index contributed by atoms with van der Waals surface area (Å²) in [6.45, 7) is 6.06. The van der Waals surface area contributed by atoms with Crippen LogP contribution in [0.4, 0.5) is 5.69 Å². The smallest absolute Gasteiger partial charge is 0.266 e. The van der Waals surface area contributed by atoms with Crippen LogP contribution in [-0.4, -0.2) is 10.5 Å². The van der Waals surface area contributed by atoms with Gasteiger partial charge in [-0.3, -0.25) is 4.79 Å². The Kier molecular flexibility index (Phi) is 5.23. The van der Waals surface area contributed by atoms with Gasteiger partial charge in [-0.15, -0.1) is 0 Å². The molecule has 0 atom stereocenters. The lowest BCUT2D eigenvalue weighted by Gasteiger charge is -2.10. The molecule has 0 aliphatic rings. The zero-order chi connectivity index (χ0) is 19.4. The molecule has 1 N–H and O–H groups in total. The van der Waals surface area contributed by atoms with Crippen molar-refractivity contribution >= 4 is 17.7 Å². The van der Waals surface area contributed by atoms with Crippen LogP contribution in [0, 0.1) is 32.1 Å². The van der Waals surface area contributed by atoms with E-state index in [0.29, 0.717) is 5.69 Å². The van der Waals surface area contributed by atoms with E-state index in [1.807, 2.05) is 56.3 Å². The van der Waals surface area contributed by atoms with Gasteiger partial charge in [0.15, 0.2) is 0 Å². The van der Waals surface area contributed by atoms with Gasteiger partial charge in [-0.25, -0.2) is 0 Å². The molecule has 0 aliphatic carbocycles. The summed E-state index contributed by atoms with van der Waals surface area (Å²) in [5.74, 6) is -0.413. The maximum Gasteiger partial charge on any atom is 0.266 e. The molecule has 27 heavy (non-hydrogen) atoms. The fraction of sp³-hybridized carbons (Fsp3) is 0.130. The summed E-state index contributed by atoms with van der Waals surface area (Å²) in [5.41, 5.74) is 5.86. The maximum absolute atomic E-state index is 12.5. The minimum Gasteiger partial charge on any atom is -0.321 e. The van der Waals surface area contributed by atoms with Crippen molar-refractivity contribution in [3.63, 3.8) is 0 Å². The first-order valence-electron chi connectivity index (χ1n) is 8.74. The van der Waals surface area contributed by atoms with Gasteiger partial charge in [-0.05, 0) is 68.3 Å². The lowest BCUT2D eigenvalue weighted by atomic mass is 10.1. The molecule has 0 saturated carbocycles. The van der Waals surface area contributed by atoms with Gasteiger partial charge >= 0.3 is 0 Å². The van der Waals surface area contributed by atoms with E-state index in [9.17, 15) is 10.1 Å². The van der Waals surface area contributed by atoms with Gasteiger partial charge in [0.1, 0.15) is 11.6 Å². The van der Waals surface area contributed by atoms with Crippen LogP contribution in [0.1, 0.15) is 22.5 Å². The quantitative estimate of drug-likeness (QED) is 0.532. The third kappa shape index (κ3) is 3.99. The number of aromatic nitrogens is 1. The first-order valence-corrected chi connectivity index (χ1v) is 8.74. The highest BCUT2D eigenvalue weighted by Crippen LogP contribution is 2.23. The summed E-state index contributed by atoms with van der Waals surface area (Å²) in [5, 5.41) is 12.2. The number of nitriles is 1. The second kappa shape index (κ2) is 7.76. The van der Waals surface area contributed by atoms with Crippen molar-refractivity contribution < 1.29 is 4.79 Å². The predicted octanol–water partition coefficient (Wildman–Crippen LogP) is 4.95. The summed E-state index contributed by atoms with van der Waals surface area (Å²) in [4.78, 5) is 12.5. The minimum atomic E-state index is -0.413. The first kappa shape index (κ1) is 18.2. The number of amides is 1. The Morgan fingerprint density at radius 1 is 1.04 bits per heavy atom. The van der Waals surface area contributed by atoms with Gasteiger partial charge in [-0.1, -0.05) is 30.3 Å². The van der Waals surface area contributed by atoms with Crippen LogP contribution in [0.15, 0.2) is 66.2 Å². The lowest BCUT2D eigenvalue weighted by Crippen LogP contribution is -2.13. The number of nitrogens with one attached hydrogen (secondary N) is 1. The summed E-state index contributed by atoms with van der Waals surface area (Å²) in [7, 11) is 0. The van der Waals surface area contributed by atoms with Gasteiger partial charge in [-0.2, -0.15) is 5.26 Å². The summed E-state index contributed by atoms with van der Waals surface area (Å²) >= 11 is 0. The van der Waals surface area contributed by atoms with Crippen LogP contribution < -0.4 is 5.32 Å². The molecule has 0 spiro atoms. The number of hydrogen-bond acceptors (Lipinski definition) is 2. The van der Waals surface area contributed by atoms with Crippen molar-refractivity contribution in [2.75, 3.05) is 5.32 Å². The molecule has 4 nitrogen and oxygen atoms in total. The van der Waals surface area contributed by atoms with E-state index in [0.717, 1.165) is 22.6 Å². The SMILES string of the molecule is Cc1cccc(-n2c(C)cc(/C=C(\C#N)C(=O)Nc3ccccc3)c2C)c1. The van der Waals surface area contributed by atoms with E-state index in [2.05, 4.69) is 28.9 Å². The van der Waals surface area contributed by atoms with Gasteiger partial charge in [0.05, 0.1) is 0 Å². The number of aryl methyl sites for hydroxylation is 2. The summed E-state index contributed by atoms with van der Waals surface area (Å²) < 4.78 is 2.13. The monoisotopic (exact) mass is 355 g/mol. The molecule has 3 rings (SSSR count). The zero-order valence-electron chi connectivity index (χ0n) is 15.7. The van der Waals surface area contributed by atoms with Crippen LogP contribution in [-0.2, 0) is 4.79 Å². The molecule has 0 bridgehead atoms. The van der Waals surface area contributed by atoms with E-state index in [4.69, 9.17) is 0 Å². The zero-order valence-corrected chi connectivity index (χ0v) is 15.7. The molecule has 0 aliphatic heterocycles. The van der Waals surface area contributed by atoms with Crippen molar-refractivity contribution in [2.45, 2.75) is 20.8 Å². The average molecular weight is 355 g/mol. The molecule has 3 aromatic rings. The Hall–Kier alpha value is -3.58. The molecule has 1 aromatic heterocycles. The number of carbonyl (C=O) groups is 1. The molecule has 0 unspecified atom stereocenters. The Morgan fingerprint density at radius 2 is 1.78 bits per heavy atom. The topological polar surface area (TPSA) is 57.8 Å². The van der Waals surface area contributed by atoms with Crippen LogP contribution >= 0.6 is 0 Å². The fourth-order valence-electron chi connectivity index (χ4n) is 3.12. The molecule has 1 amide bonds. The number of benzene rings is 2. The highest BCUT2D eigenvalue weighted by molar-refractivity contribution is 6.09. The first-order chi connectivity index (χ1) is 13.0. The molecular formula is C23H21N3O. The van der Waals surface area contributed by atoms with Gasteiger partial charge in [0, 0.05) is 22.8 Å². The minimum absolute atomic E-state index is 0.0725. The van der Waals surface area contributed by atoms with Crippen molar-refractivity contribution in [2.24, 2.45) is 0 Å². The average Bonchev–Trinajstić information content (AvgIpc) is 2.93. The van der Waals surface area contributed by atoms with E-state index in [1.165, 1.54) is 5.56 Å². The number of carbonyl (C=O) groups excluding carboxylic acids is 1. The highest BCUT2D eigenvalue weighted by atomic mass is 16.1. The maximum atomic E-state index is 12.5. The Labute approximate surface area is 159 Å². The summed E-state index contributed by atoms with van der Waals surface area (Å²) in [6.07, 6.45) is 1.65. The Balaban J connectivity index is 1.95. The number of anilines is 1. The normalized spacial score (nSPS) is 11.1. The lowest BCUT2D eigenvalue weighted by molar-refractivity contribution is -0.112. The Bertz CT molecular complexity index is 1050. The van der Waals surface area contributed by atoms with E-state index in [-0.39, 0.29) is 5.57 Å². The highest BCUT2D eigenvalue weighted by Gasteiger charge is 2.14. The van der Waals surface area contributed by atoms with Crippen molar-refractivity contribution in [3.8, 4) is 11.8 Å². The second-order valence-electron chi connectivity index (χ2n) is 6.49. The molecule has 4 heteroatoms. The van der Waals surface area contributed by atoms with Crippen LogP contribution in [0.5, 0.6) is 0 Å². The molecule has 2 aromatic carbocycles. The van der Waals surface area contributed by atoms with Crippen molar-refractivity contribution in [1.82, 2.24) is 4.57 Å². The van der Waals surface area contributed by atoms with Crippen molar-refractivity contribution in [1.29, 1.82) is 5.26 Å². The van der Waals surface area contributed by atoms with Crippen molar-refractivity contribution in [3.05, 3.63) is 88.8 Å². The molecular weight excluding hydrogens is 334 g/mol. The van der Waals surface area contributed by atoms with E-state index >= 15 is 0 Å². The Morgan fingerprint density at radius 3 is 2.44 bits per heavy atom.